The van der Waals surface area contributed by atoms with Crippen molar-refractivity contribution in [2.75, 3.05) is 12.3 Å². The van der Waals surface area contributed by atoms with Gasteiger partial charge in [0.1, 0.15) is 35.5 Å². The van der Waals surface area contributed by atoms with Gasteiger partial charge in [0, 0.05) is 31.4 Å². The molecule has 4 rings (SSSR count). The maximum atomic E-state index is 13.6. The number of esters is 1. The van der Waals surface area contributed by atoms with Crippen molar-refractivity contribution < 1.29 is 47.3 Å². The molecule has 2 heterocycles. The van der Waals surface area contributed by atoms with E-state index in [0.29, 0.717) is 11.1 Å². The van der Waals surface area contributed by atoms with E-state index in [0.717, 1.165) is 16.7 Å². The Morgan fingerprint density at radius 2 is 1.76 bits per heavy atom. The summed E-state index contributed by atoms with van der Waals surface area (Å²) in [7, 11) is -2.17. The lowest BCUT2D eigenvalue weighted by Gasteiger charge is -2.49. The number of nitrogens with zero attached hydrogens (tertiary/aromatic N) is 4. The van der Waals surface area contributed by atoms with Gasteiger partial charge in [0.05, 0.1) is 4.92 Å². The number of nitrogens with one attached hydrogen (secondary N) is 1. The third-order valence-corrected chi connectivity index (χ3v) is 9.48. The minimum absolute atomic E-state index is 0.0571. The Labute approximate surface area is 263 Å². The van der Waals surface area contributed by atoms with E-state index >= 15 is 0 Å². The SMILES string of the molecule is CC(=O)NCCSC1=C(C(=O)OCc2ccccc2)N2C(=O)[C@H](C(C)OC(=O)OCc3ccc([N+](=O)[O-])cc3)[C@@H]2[S@@](=O)C1=[N+]=[N-]. The van der Waals surface area contributed by atoms with Crippen LogP contribution >= 0.6 is 11.8 Å². The summed E-state index contributed by atoms with van der Waals surface area (Å²) in [5.41, 5.74) is 10.5. The molecule has 236 valence electrons. The Balaban J connectivity index is 1.51. The van der Waals surface area contributed by atoms with Gasteiger partial charge in [-0.1, -0.05) is 30.3 Å². The second kappa shape index (κ2) is 14.7. The van der Waals surface area contributed by atoms with E-state index in [2.05, 4.69) is 10.1 Å². The molecule has 0 saturated carbocycles. The Hall–Kier alpha value is -4.86. The second-order valence-electron chi connectivity index (χ2n) is 9.68. The van der Waals surface area contributed by atoms with Gasteiger partial charge in [0.15, 0.2) is 16.5 Å². The summed E-state index contributed by atoms with van der Waals surface area (Å²) >= 11 is 0.946. The fourth-order valence-electron chi connectivity index (χ4n) is 4.50. The first-order valence-corrected chi connectivity index (χ1v) is 15.6. The molecule has 2 aliphatic rings. The van der Waals surface area contributed by atoms with Crippen molar-refractivity contribution >= 4 is 57.2 Å². The van der Waals surface area contributed by atoms with Crippen LogP contribution in [0.4, 0.5) is 10.5 Å². The van der Waals surface area contributed by atoms with E-state index in [1.54, 1.807) is 30.3 Å². The largest absolute Gasteiger partial charge is 0.508 e. The average Bonchev–Trinajstić information content (AvgIpc) is 3.01. The van der Waals surface area contributed by atoms with Crippen LogP contribution < -0.4 is 5.32 Å². The number of non-ortho nitro benzene ring substituents is 1. The lowest BCUT2D eigenvalue weighted by Crippen LogP contribution is -2.69. The maximum Gasteiger partial charge on any atom is 0.508 e. The van der Waals surface area contributed by atoms with Gasteiger partial charge in [0.2, 0.25) is 11.8 Å². The van der Waals surface area contributed by atoms with Gasteiger partial charge in [-0.3, -0.25) is 24.6 Å². The van der Waals surface area contributed by atoms with Gasteiger partial charge in [-0.05, 0) is 30.2 Å². The van der Waals surface area contributed by atoms with Crippen LogP contribution in [0.5, 0.6) is 0 Å². The maximum absolute atomic E-state index is 13.6. The molecule has 45 heavy (non-hydrogen) atoms. The number of amides is 2. The normalized spacial score (nSPS) is 19.4. The molecule has 2 aromatic rings. The first-order valence-electron chi connectivity index (χ1n) is 13.4. The molecular weight excluding hydrogens is 630 g/mol. The van der Waals surface area contributed by atoms with Crippen LogP contribution in [-0.2, 0) is 52.6 Å². The molecule has 2 aliphatic heterocycles. The zero-order valence-corrected chi connectivity index (χ0v) is 25.6. The number of β-lactam (4-membered cyclic amide) rings is 1. The van der Waals surface area contributed by atoms with Gasteiger partial charge >= 0.3 is 17.2 Å². The molecule has 0 aliphatic carbocycles. The van der Waals surface area contributed by atoms with Crippen molar-refractivity contribution in [3.63, 3.8) is 0 Å². The number of carbonyl (C=O) groups excluding carboxylic acids is 4. The molecule has 2 aromatic carbocycles. The summed E-state index contributed by atoms with van der Waals surface area (Å²) in [6.07, 6.45) is -2.33. The average molecular weight is 658 g/mol. The molecule has 15 nitrogen and oxygen atoms in total. The number of rotatable bonds is 12. The Kier molecular flexibility index (Phi) is 10.8. The minimum Gasteiger partial charge on any atom is -0.456 e. The van der Waals surface area contributed by atoms with Gasteiger partial charge < -0.3 is 25.1 Å². The Bertz CT molecular complexity index is 1610. The van der Waals surface area contributed by atoms with Crippen molar-refractivity contribution in [1.82, 2.24) is 10.2 Å². The third-order valence-electron chi connectivity index (χ3n) is 6.66. The molecule has 0 radical (unpaired) electrons. The van der Waals surface area contributed by atoms with E-state index in [1.807, 2.05) is 0 Å². The molecule has 17 heteroatoms. The highest BCUT2D eigenvalue weighted by Crippen LogP contribution is 2.44. The number of benzene rings is 2. The molecule has 4 atom stereocenters. The van der Waals surface area contributed by atoms with Gasteiger partial charge in [-0.25, -0.2) is 13.8 Å². The molecule has 2 amide bonds. The lowest BCUT2D eigenvalue weighted by atomic mass is 9.91. The Morgan fingerprint density at radius 3 is 2.38 bits per heavy atom. The lowest BCUT2D eigenvalue weighted by molar-refractivity contribution is -0.384. The number of hydrogen-bond acceptors (Lipinski definition) is 11. The molecule has 1 unspecified atom stereocenters. The molecule has 0 spiro atoms. The number of thioether (sulfide) groups is 1. The van der Waals surface area contributed by atoms with Crippen molar-refractivity contribution in [2.45, 2.75) is 38.5 Å². The zero-order valence-electron chi connectivity index (χ0n) is 23.9. The molecule has 1 N–H and O–H groups in total. The van der Waals surface area contributed by atoms with Crippen molar-refractivity contribution in [3.8, 4) is 0 Å². The smallest absolute Gasteiger partial charge is 0.456 e. The monoisotopic (exact) mass is 657 g/mol. The van der Waals surface area contributed by atoms with Crippen LogP contribution in [0.1, 0.15) is 25.0 Å². The first-order chi connectivity index (χ1) is 21.5. The molecule has 0 aromatic heterocycles. The van der Waals surface area contributed by atoms with E-state index in [4.69, 9.17) is 14.2 Å². The summed E-state index contributed by atoms with van der Waals surface area (Å²) in [4.78, 5) is 65.0. The van der Waals surface area contributed by atoms with Crippen LogP contribution in [0.15, 0.2) is 65.2 Å². The molecule has 1 saturated heterocycles. The number of hydrogen-bond donors (Lipinski definition) is 1. The number of nitro groups is 1. The van der Waals surface area contributed by atoms with Crippen LogP contribution in [0, 0.1) is 16.0 Å². The van der Waals surface area contributed by atoms with Crippen LogP contribution in [0.25, 0.3) is 5.53 Å². The summed E-state index contributed by atoms with van der Waals surface area (Å²) in [5.74, 6) is -2.94. The van der Waals surface area contributed by atoms with E-state index in [9.17, 15) is 39.0 Å². The van der Waals surface area contributed by atoms with Crippen LogP contribution in [-0.4, -0.2) is 71.6 Å². The van der Waals surface area contributed by atoms with Gasteiger partial charge in [-0.15, -0.1) is 11.8 Å². The quantitative estimate of drug-likeness (QED) is 0.0667. The summed E-state index contributed by atoms with van der Waals surface area (Å²) in [6.45, 7) is 2.45. The highest BCUT2D eigenvalue weighted by molar-refractivity contribution is 8.10. The summed E-state index contributed by atoms with van der Waals surface area (Å²) in [6, 6.07) is 14.1. The molecule has 0 bridgehead atoms. The standard InChI is InChI=1S/C28H27N5O10S2/c1-16(43-28(37)42-15-19-8-10-20(11-9-19)33(38)39)21-25(35)32-22(27(36)41-14-18-6-4-3-5-7-18)23(44-13-12-30-17(2)34)24(31-29)45(40)26(21)32/h3-11,16,21,26H,12-15H2,1-2H3,(H,30,34)/t16?,21-,26-,45-/m0/s1. The number of ether oxygens (including phenoxy) is 3. The summed E-state index contributed by atoms with van der Waals surface area (Å²) in [5, 5.41) is 11.8. The fraction of sp³-hybridized carbons (Fsp3) is 0.321. The number of fused-ring (bicyclic) bond motifs is 1. The highest BCUT2D eigenvalue weighted by Gasteiger charge is 2.63. The molecule has 1 fully saturated rings. The molecular formula is C28H27N5O10S2. The Morgan fingerprint density at radius 1 is 1.11 bits per heavy atom. The predicted molar refractivity (Wildman–Crippen MR) is 159 cm³/mol. The van der Waals surface area contributed by atoms with E-state index in [1.165, 1.54) is 38.1 Å². The van der Waals surface area contributed by atoms with E-state index in [-0.39, 0.29) is 52.8 Å². The van der Waals surface area contributed by atoms with Crippen LogP contribution in [0.3, 0.4) is 0 Å². The van der Waals surface area contributed by atoms with Crippen molar-refractivity contribution in [2.24, 2.45) is 5.92 Å². The number of carbonyl (C=O) groups is 4. The van der Waals surface area contributed by atoms with Crippen molar-refractivity contribution in [3.05, 3.63) is 92.0 Å². The second-order valence-corrected chi connectivity index (χ2v) is 12.3. The van der Waals surface area contributed by atoms with Crippen LogP contribution in [0.2, 0.25) is 0 Å². The van der Waals surface area contributed by atoms with Crippen molar-refractivity contribution in [1.29, 1.82) is 0 Å². The first kappa shape index (κ1) is 33.0. The minimum atomic E-state index is -2.17. The highest BCUT2D eigenvalue weighted by atomic mass is 32.2. The summed E-state index contributed by atoms with van der Waals surface area (Å²) < 4.78 is 29.4. The number of nitro benzene ring substituents is 1. The van der Waals surface area contributed by atoms with Gasteiger partial charge in [0.25, 0.3) is 5.69 Å². The fourth-order valence-corrected chi connectivity index (χ4v) is 7.40. The van der Waals surface area contributed by atoms with E-state index < -0.39 is 51.2 Å². The third kappa shape index (κ3) is 7.63. The predicted octanol–water partition coefficient (Wildman–Crippen LogP) is 2.64. The van der Waals surface area contributed by atoms with Gasteiger partial charge in [-0.2, -0.15) is 4.79 Å². The zero-order chi connectivity index (χ0) is 32.7. The topological polar surface area (TPSA) is 208 Å².